The van der Waals surface area contributed by atoms with Crippen molar-refractivity contribution in [3.05, 3.63) is 60.3 Å². The molecule has 0 aliphatic carbocycles. The Morgan fingerprint density at radius 1 is 1.43 bits per heavy atom. The number of hydrazone groups is 1. The van der Waals surface area contributed by atoms with Gasteiger partial charge in [-0.15, -0.1) is 0 Å². The van der Waals surface area contributed by atoms with Crippen molar-refractivity contribution in [2.24, 2.45) is 5.10 Å². The summed E-state index contributed by atoms with van der Waals surface area (Å²) in [5.41, 5.74) is 4.32. The number of amides is 1. The summed E-state index contributed by atoms with van der Waals surface area (Å²) >= 11 is 0. The van der Waals surface area contributed by atoms with Gasteiger partial charge in [-0.1, -0.05) is 0 Å². The molecule has 0 aliphatic rings. The van der Waals surface area contributed by atoms with E-state index in [1.807, 2.05) is 48.1 Å². The Morgan fingerprint density at radius 2 is 2.29 bits per heavy atom. The molecule has 0 unspecified atom stereocenters. The Balaban J connectivity index is 1.86. The van der Waals surface area contributed by atoms with Gasteiger partial charge in [0.15, 0.2) is 12.4 Å². The van der Waals surface area contributed by atoms with Gasteiger partial charge >= 0.3 is 5.91 Å². The lowest BCUT2D eigenvalue weighted by molar-refractivity contribution is -0.684. The molecule has 1 amide bonds. The van der Waals surface area contributed by atoms with Crippen LogP contribution in [0.5, 0.6) is 0 Å². The third kappa shape index (κ3) is 5.06. The van der Waals surface area contributed by atoms with Crippen LogP contribution in [0.3, 0.4) is 0 Å². The van der Waals surface area contributed by atoms with E-state index in [2.05, 4.69) is 10.5 Å². The molecule has 0 saturated carbocycles. The van der Waals surface area contributed by atoms with Gasteiger partial charge in [0, 0.05) is 11.6 Å². The standard InChI is InChI=1S/C16H17N3O2/c1-13-5-3-9-19(11-13)12-16(20)18-17-14(2)7-8-15-6-4-10-21-15/h3-11H,12H2,1-2H3/p+1/b8-7+,17-14+. The molecule has 21 heavy (non-hydrogen) atoms. The number of pyridine rings is 1. The summed E-state index contributed by atoms with van der Waals surface area (Å²) in [4.78, 5) is 11.8. The predicted molar refractivity (Wildman–Crippen MR) is 80.4 cm³/mol. The van der Waals surface area contributed by atoms with Gasteiger partial charge < -0.3 is 4.42 Å². The minimum atomic E-state index is -0.170. The van der Waals surface area contributed by atoms with E-state index in [9.17, 15) is 4.79 Å². The smallest absolute Gasteiger partial charge is 0.305 e. The van der Waals surface area contributed by atoms with Crippen LogP contribution in [0.1, 0.15) is 18.2 Å². The largest absolute Gasteiger partial charge is 0.465 e. The van der Waals surface area contributed by atoms with Gasteiger partial charge in [-0.25, -0.2) is 5.43 Å². The van der Waals surface area contributed by atoms with E-state index in [0.29, 0.717) is 5.71 Å². The van der Waals surface area contributed by atoms with Crippen molar-refractivity contribution in [2.45, 2.75) is 20.4 Å². The third-order valence-corrected chi connectivity index (χ3v) is 2.72. The summed E-state index contributed by atoms with van der Waals surface area (Å²) in [6.07, 6.45) is 8.93. The monoisotopic (exact) mass is 284 g/mol. The quantitative estimate of drug-likeness (QED) is 0.519. The Bertz CT molecular complexity index is 658. The lowest BCUT2D eigenvalue weighted by atomic mass is 10.3. The van der Waals surface area contributed by atoms with E-state index in [4.69, 9.17) is 4.42 Å². The van der Waals surface area contributed by atoms with E-state index >= 15 is 0 Å². The van der Waals surface area contributed by atoms with Crippen LogP contribution in [-0.2, 0) is 11.3 Å². The summed E-state index contributed by atoms with van der Waals surface area (Å²) < 4.78 is 6.98. The fourth-order valence-electron chi connectivity index (χ4n) is 1.73. The molecule has 5 nitrogen and oxygen atoms in total. The molecule has 1 N–H and O–H groups in total. The van der Waals surface area contributed by atoms with Gasteiger partial charge in [0.2, 0.25) is 6.54 Å². The van der Waals surface area contributed by atoms with Crippen LogP contribution < -0.4 is 9.99 Å². The molecule has 2 rings (SSSR count). The van der Waals surface area contributed by atoms with Crippen LogP contribution in [0.15, 0.2) is 58.5 Å². The van der Waals surface area contributed by atoms with Crippen molar-refractivity contribution in [3.8, 4) is 0 Å². The number of hydrogen-bond acceptors (Lipinski definition) is 3. The number of hydrogen-bond donors (Lipinski definition) is 1. The lowest BCUT2D eigenvalue weighted by Crippen LogP contribution is -2.41. The zero-order valence-corrected chi connectivity index (χ0v) is 12.1. The van der Waals surface area contributed by atoms with Gasteiger partial charge in [0.25, 0.3) is 0 Å². The van der Waals surface area contributed by atoms with Crippen LogP contribution in [0.2, 0.25) is 0 Å². The van der Waals surface area contributed by atoms with Crippen molar-refractivity contribution in [2.75, 3.05) is 0 Å². The molecule has 108 valence electrons. The first kappa shape index (κ1) is 14.7. The maximum atomic E-state index is 11.8. The number of allylic oxidation sites excluding steroid dienone is 1. The van der Waals surface area contributed by atoms with Gasteiger partial charge in [0.1, 0.15) is 5.76 Å². The second-order valence-electron chi connectivity index (χ2n) is 4.69. The zero-order chi connectivity index (χ0) is 15.1. The van der Waals surface area contributed by atoms with Crippen molar-refractivity contribution in [1.29, 1.82) is 0 Å². The average molecular weight is 284 g/mol. The fraction of sp³-hybridized carbons (Fsp3) is 0.188. The average Bonchev–Trinajstić information content (AvgIpc) is 2.96. The van der Waals surface area contributed by atoms with Gasteiger partial charge in [-0.2, -0.15) is 9.67 Å². The summed E-state index contributed by atoms with van der Waals surface area (Å²) in [6.45, 7) is 4.02. The highest BCUT2D eigenvalue weighted by Gasteiger charge is 2.07. The molecular formula is C16H18N3O2+. The third-order valence-electron chi connectivity index (χ3n) is 2.72. The number of carbonyl (C=O) groups is 1. The number of rotatable bonds is 5. The van der Waals surface area contributed by atoms with Crippen molar-refractivity contribution >= 4 is 17.7 Å². The van der Waals surface area contributed by atoms with E-state index in [-0.39, 0.29) is 12.5 Å². The Kier molecular flexibility index (Phi) is 5.04. The number of furan rings is 1. The van der Waals surface area contributed by atoms with Crippen LogP contribution in [-0.4, -0.2) is 11.6 Å². The minimum Gasteiger partial charge on any atom is -0.465 e. The van der Waals surface area contributed by atoms with Gasteiger partial charge in [-0.3, -0.25) is 4.79 Å². The lowest BCUT2D eigenvalue weighted by Gasteiger charge is -1.98. The Hall–Kier alpha value is -2.69. The highest BCUT2D eigenvalue weighted by molar-refractivity contribution is 5.96. The molecule has 5 heteroatoms. The first-order valence-corrected chi connectivity index (χ1v) is 6.64. The summed E-state index contributed by atoms with van der Waals surface area (Å²) in [5, 5.41) is 4.02. The fourth-order valence-corrected chi connectivity index (χ4v) is 1.73. The number of nitrogens with one attached hydrogen (secondary N) is 1. The summed E-state index contributed by atoms with van der Waals surface area (Å²) in [5.74, 6) is 0.572. The van der Waals surface area contributed by atoms with Crippen LogP contribution in [0, 0.1) is 6.92 Å². The Morgan fingerprint density at radius 3 is 3.00 bits per heavy atom. The predicted octanol–water partition coefficient (Wildman–Crippen LogP) is 2.08. The molecule has 0 fully saturated rings. The molecular weight excluding hydrogens is 266 g/mol. The molecule has 0 atom stereocenters. The van der Waals surface area contributed by atoms with Crippen LogP contribution >= 0.6 is 0 Å². The van der Waals surface area contributed by atoms with Gasteiger partial charge in [-0.05, 0) is 44.2 Å². The van der Waals surface area contributed by atoms with E-state index in [0.717, 1.165) is 11.3 Å². The van der Waals surface area contributed by atoms with Crippen molar-refractivity contribution in [1.82, 2.24) is 5.43 Å². The molecule has 2 aromatic rings. The van der Waals surface area contributed by atoms with E-state index in [1.165, 1.54) is 0 Å². The molecule has 2 aromatic heterocycles. The van der Waals surface area contributed by atoms with Gasteiger partial charge in [0.05, 0.1) is 12.0 Å². The maximum Gasteiger partial charge on any atom is 0.305 e. The number of carbonyl (C=O) groups excluding carboxylic acids is 1. The highest BCUT2D eigenvalue weighted by Crippen LogP contribution is 2.02. The molecule has 0 aromatic carbocycles. The van der Waals surface area contributed by atoms with Crippen LogP contribution in [0.25, 0.3) is 6.08 Å². The summed E-state index contributed by atoms with van der Waals surface area (Å²) in [7, 11) is 0. The topological polar surface area (TPSA) is 58.5 Å². The maximum absolute atomic E-state index is 11.8. The molecule has 0 spiro atoms. The van der Waals surface area contributed by atoms with E-state index < -0.39 is 0 Å². The number of nitrogens with zero attached hydrogens (tertiary/aromatic N) is 2. The molecule has 0 radical (unpaired) electrons. The zero-order valence-electron chi connectivity index (χ0n) is 12.1. The Labute approximate surface area is 123 Å². The molecule has 0 aliphatic heterocycles. The van der Waals surface area contributed by atoms with Crippen molar-refractivity contribution < 1.29 is 13.8 Å². The number of aromatic nitrogens is 1. The highest BCUT2D eigenvalue weighted by atomic mass is 16.3. The SMILES string of the molecule is CC(/C=C/c1ccco1)=N\NC(=O)C[n+]1cccc(C)c1. The second kappa shape index (κ2) is 7.19. The minimum absolute atomic E-state index is 0.170. The van der Waals surface area contributed by atoms with Crippen molar-refractivity contribution in [3.63, 3.8) is 0 Å². The first-order chi connectivity index (χ1) is 10.1. The molecule has 0 saturated heterocycles. The van der Waals surface area contributed by atoms with E-state index in [1.54, 1.807) is 25.3 Å². The molecule has 2 heterocycles. The summed E-state index contributed by atoms with van der Waals surface area (Å²) in [6, 6.07) is 7.54. The molecule has 0 bridgehead atoms. The second-order valence-corrected chi connectivity index (χ2v) is 4.69. The first-order valence-electron chi connectivity index (χ1n) is 6.64. The number of aryl methyl sites for hydroxylation is 1. The normalized spacial score (nSPS) is 11.8. The van der Waals surface area contributed by atoms with Crippen LogP contribution in [0.4, 0.5) is 0 Å².